The topological polar surface area (TPSA) is 3.24 Å². The highest BCUT2D eigenvalue weighted by molar-refractivity contribution is 7.27. The summed E-state index contributed by atoms with van der Waals surface area (Å²) in [6, 6.07) is 69.2. The molecule has 1 nitrogen and oxygen atoms in total. The summed E-state index contributed by atoms with van der Waals surface area (Å²) < 4.78 is 5.30. The Hall–Kier alpha value is -6.26. The van der Waals surface area contributed by atoms with Gasteiger partial charge >= 0.3 is 0 Å². The van der Waals surface area contributed by atoms with Gasteiger partial charge in [0.25, 0.3) is 0 Å². The van der Waals surface area contributed by atoms with Gasteiger partial charge in [0, 0.05) is 57.4 Å². The molecule has 0 spiro atoms. The van der Waals surface area contributed by atoms with Crippen molar-refractivity contribution < 1.29 is 0 Å². The van der Waals surface area contributed by atoms with Crippen LogP contribution in [0.5, 0.6) is 0 Å². The van der Waals surface area contributed by atoms with Crippen LogP contribution in [0.1, 0.15) is 0 Å². The lowest BCUT2D eigenvalue weighted by Gasteiger charge is -2.26. The average Bonchev–Trinajstić information content (AvgIpc) is 3.80. The van der Waals surface area contributed by atoms with Gasteiger partial charge in [-0.15, -0.1) is 22.7 Å². The Morgan fingerprint density at radius 3 is 1.81 bits per heavy atom. The maximum Gasteiger partial charge on any atom is 0.0468 e. The second kappa shape index (κ2) is 12.2. The predicted molar refractivity (Wildman–Crippen MR) is 233 cm³/mol. The minimum absolute atomic E-state index is 1.13. The monoisotopic (exact) mass is 709 g/mol. The van der Waals surface area contributed by atoms with Crippen molar-refractivity contribution in [2.75, 3.05) is 4.90 Å². The van der Waals surface area contributed by atoms with Crippen molar-refractivity contribution in [2.24, 2.45) is 0 Å². The molecule has 0 amide bonds. The van der Waals surface area contributed by atoms with Gasteiger partial charge in [0.2, 0.25) is 0 Å². The van der Waals surface area contributed by atoms with Crippen LogP contribution in [0.15, 0.2) is 188 Å². The van der Waals surface area contributed by atoms with Crippen molar-refractivity contribution >= 4 is 102 Å². The normalized spacial score (nSPS) is 11.8. The number of anilines is 3. The Labute approximate surface area is 315 Å². The number of rotatable bonds is 5. The predicted octanol–water partition coefficient (Wildman–Crippen LogP) is 15.5. The van der Waals surface area contributed by atoms with Crippen LogP contribution in [0.2, 0.25) is 0 Å². The molecule has 0 aliphatic heterocycles. The molecule has 0 bridgehead atoms. The van der Waals surface area contributed by atoms with E-state index in [4.69, 9.17) is 0 Å². The van der Waals surface area contributed by atoms with E-state index in [-0.39, 0.29) is 0 Å². The van der Waals surface area contributed by atoms with Crippen molar-refractivity contribution in [2.45, 2.75) is 0 Å². The van der Waals surface area contributed by atoms with Gasteiger partial charge in [-0.25, -0.2) is 0 Å². The third kappa shape index (κ3) is 5.04. The number of hydrogen-bond acceptors (Lipinski definition) is 3. The molecule has 0 saturated heterocycles. The molecule has 9 aromatic carbocycles. The third-order valence-electron chi connectivity index (χ3n) is 10.6. The molecule has 248 valence electrons. The summed E-state index contributed by atoms with van der Waals surface area (Å²) in [4.78, 5) is 2.39. The summed E-state index contributed by atoms with van der Waals surface area (Å²) in [5.41, 5.74) is 8.36. The van der Waals surface area contributed by atoms with E-state index >= 15 is 0 Å². The Bertz CT molecular complexity index is 3170. The molecule has 11 aromatic rings. The minimum atomic E-state index is 1.13. The molecule has 2 aromatic heterocycles. The van der Waals surface area contributed by atoms with Gasteiger partial charge in [-0.3, -0.25) is 0 Å². The molecule has 11 rings (SSSR count). The number of nitrogens with zero attached hydrogens (tertiary/aromatic N) is 1. The average molecular weight is 710 g/mol. The number of thiophene rings is 2. The molecule has 0 aliphatic carbocycles. The van der Waals surface area contributed by atoms with Gasteiger partial charge in [-0.05, 0) is 117 Å². The summed E-state index contributed by atoms with van der Waals surface area (Å²) in [6.45, 7) is 0. The van der Waals surface area contributed by atoms with Crippen LogP contribution in [0.25, 0.3) is 84.1 Å². The van der Waals surface area contributed by atoms with Crippen LogP contribution in [-0.4, -0.2) is 0 Å². The Kier molecular flexibility index (Phi) is 6.97. The maximum absolute atomic E-state index is 2.42. The van der Waals surface area contributed by atoms with Crippen LogP contribution in [0.4, 0.5) is 17.1 Å². The standard InChI is InChI=1S/C50H31NS2/c1-2-13-38(14-3-1)51(39-23-20-33(21-24-39)35-19-18-32-10-4-5-11-34(32)28-35)40-25-27-48-45(31-40)49-43(29-36-12-6-7-15-41(36)50(49)53-48)37-22-26-47-44(30-37)42-16-8-9-17-46(42)52-47/h1-31H. The lowest BCUT2D eigenvalue weighted by molar-refractivity contribution is 1.29. The van der Waals surface area contributed by atoms with Crippen LogP contribution >= 0.6 is 22.7 Å². The molecule has 0 fully saturated rings. The first-order chi connectivity index (χ1) is 26.2. The Morgan fingerprint density at radius 1 is 0.321 bits per heavy atom. The van der Waals surface area contributed by atoms with Gasteiger partial charge in [-0.2, -0.15) is 0 Å². The van der Waals surface area contributed by atoms with Gasteiger partial charge in [0.15, 0.2) is 0 Å². The number of benzene rings is 9. The molecule has 0 unspecified atom stereocenters. The van der Waals surface area contributed by atoms with Gasteiger partial charge < -0.3 is 4.90 Å². The van der Waals surface area contributed by atoms with E-state index in [1.807, 2.05) is 22.7 Å². The van der Waals surface area contributed by atoms with Gasteiger partial charge in [0.1, 0.15) is 0 Å². The fourth-order valence-electron chi connectivity index (χ4n) is 8.06. The molecular formula is C50H31NS2. The molecule has 2 heterocycles. The van der Waals surface area contributed by atoms with Gasteiger partial charge in [-0.1, -0.05) is 115 Å². The molecule has 0 saturated carbocycles. The molecule has 0 radical (unpaired) electrons. The second-order valence-electron chi connectivity index (χ2n) is 13.7. The largest absolute Gasteiger partial charge is 0.310 e. The highest BCUT2D eigenvalue weighted by Crippen LogP contribution is 2.47. The van der Waals surface area contributed by atoms with Crippen molar-refractivity contribution in [1.29, 1.82) is 0 Å². The smallest absolute Gasteiger partial charge is 0.0468 e. The van der Waals surface area contributed by atoms with E-state index in [0.717, 1.165) is 17.1 Å². The Balaban J connectivity index is 1.10. The highest BCUT2D eigenvalue weighted by Gasteiger charge is 2.19. The first kappa shape index (κ1) is 30.4. The fourth-order valence-corrected chi connectivity index (χ4v) is 10.4. The molecule has 0 N–H and O–H groups in total. The molecule has 0 atom stereocenters. The van der Waals surface area contributed by atoms with Crippen molar-refractivity contribution in [3.8, 4) is 22.3 Å². The number of fused-ring (bicyclic) bond motifs is 9. The Morgan fingerprint density at radius 2 is 0.943 bits per heavy atom. The van der Waals surface area contributed by atoms with Crippen molar-refractivity contribution in [3.05, 3.63) is 188 Å². The van der Waals surface area contributed by atoms with Crippen LogP contribution < -0.4 is 4.90 Å². The van der Waals surface area contributed by atoms with E-state index in [2.05, 4.69) is 193 Å². The lowest BCUT2D eigenvalue weighted by Crippen LogP contribution is -2.09. The van der Waals surface area contributed by atoms with Crippen molar-refractivity contribution in [3.63, 3.8) is 0 Å². The zero-order valence-corrected chi connectivity index (χ0v) is 30.3. The zero-order valence-electron chi connectivity index (χ0n) is 28.7. The van der Waals surface area contributed by atoms with E-state index in [9.17, 15) is 0 Å². The number of hydrogen-bond donors (Lipinski definition) is 0. The molecule has 0 aliphatic rings. The lowest BCUT2D eigenvalue weighted by atomic mass is 9.94. The minimum Gasteiger partial charge on any atom is -0.310 e. The summed E-state index contributed by atoms with van der Waals surface area (Å²) in [7, 11) is 0. The first-order valence-electron chi connectivity index (χ1n) is 18.0. The van der Waals surface area contributed by atoms with Crippen molar-refractivity contribution in [1.82, 2.24) is 0 Å². The van der Waals surface area contributed by atoms with Crippen LogP contribution in [0, 0.1) is 0 Å². The van der Waals surface area contributed by atoms with E-state index < -0.39 is 0 Å². The third-order valence-corrected chi connectivity index (χ3v) is 13.0. The quantitative estimate of drug-likeness (QED) is 0.172. The highest BCUT2D eigenvalue weighted by atomic mass is 32.1. The maximum atomic E-state index is 2.42. The zero-order chi connectivity index (χ0) is 34.9. The summed E-state index contributed by atoms with van der Waals surface area (Å²) in [5, 5.41) is 10.4. The molecular weight excluding hydrogens is 679 g/mol. The van der Waals surface area contributed by atoms with E-state index in [1.165, 1.54) is 84.1 Å². The summed E-state index contributed by atoms with van der Waals surface area (Å²) in [5.74, 6) is 0. The van der Waals surface area contributed by atoms with E-state index in [1.54, 1.807) is 0 Å². The molecule has 53 heavy (non-hydrogen) atoms. The van der Waals surface area contributed by atoms with Crippen LogP contribution in [-0.2, 0) is 0 Å². The number of para-hydroxylation sites is 1. The first-order valence-corrected chi connectivity index (χ1v) is 19.6. The second-order valence-corrected chi connectivity index (χ2v) is 15.9. The molecule has 3 heteroatoms. The summed E-state index contributed by atoms with van der Waals surface area (Å²) in [6.07, 6.45) is 0. The summed E-state index contributed by atoms with van der Waals surface area (Å²) >= 11 is 3.78. The van der Waals surface area contributed by atoms with Gasteiger partial charge in [0.05, 0.1) is 0 Å². The SMILES string of the molecule is c1ccc(N(c2ccc(-c3ccc4ccccc4c3)cc2)c2ccc3sc4c5ccccc5cc(-c5ccc6sc7ccccc7c6c5)c4c3c2)cc1. The van der Waals surface area contributed by atoms with E-state index in [0.29, 0.717) is 0 Å². The fraction of sp³-hybridized carbons (Fsp3) is 0. The van der Waals surface area contributed by atoms with Crippen LogP contribution in [0.3, 0.4) is 0 Å².